The SMILES string of the molecule is c1ccc(-c2cccc(-c3nc(-c4ccccc4)nc(-c4ccc(-c5c(-c6cccc7c6sc6ccccc67)sc6c5c(-c5ccccc5)nc5ccccc56)cc4)n3)c2)cc1. The Balaban J connectivity index is 1.07. The van der Waals surface area contributed by atoms with Gasteiger partial charge in [0.15, 0.2) is 17.5 Å². The molecular weight excluding hydrogens is 793 g/mol. The third-order valence-corrected chi connectivity index (χ3v) is 14.0. The largest absolute Gasteiger partial charge is 0.247 e. The highest BCUT2D eigenvalue weighted by Gasteiger charge is 2.25. The Labute approximate surface area is 366 Å². The molecule has 4 heterocycles. The van der Waals surface area contributed by atoms with Crippen LogP contribution in [0.15, 0.2) is 206 Å². The van der Waals surface area contributed by atoms with E-state index in [1.807, 2.05) is 46.9 Å². The highest BCUT2D eigenvalue weighted by Crippen LogP contribution is 2.52. The minimum atomic E-state index is 0.619. The van der Waals surface area contributed by atoms with E-state index in [2.05, 4.69) is 182 Å². The fourth-order valence-electron chi connectivity index (χ4n) is 8.59. The van der Waals surface area contributed by atoms with Gasteiger partial charge in [-0.05, 0) is 34.9 Å². The fourth-order valence-corrected chi connectivity index (χ4v) is 11.3. The van der Waals surface area contributed by atoms with E-state index < -0.39 is 0 Å². The zero-order valence-electron chi connectivity index (χ0n) is 33.2. The Morgan fingerprint density at radius 3 is 1.60 bits per heavy atom. The second kappa shape index (κ2) is 15.1. The number of para-hydroxylation sites is 1. The smallest absolute Gasteiger partial charge is 0.164 e. The summed E-state index contributed by atoms with van der Waals surface area (Å²) in [5, 5.41) is 4.88. The first-order chi connectivity index (χ1) is 30.7. The Bertz CT molecular complexity index is 3620. The van der Waals surface area contributed by atoms with E-state index in [4.69, 9.17) is 19.9 Å². The predicted molar refractivity (Wildman–Crippen MR) is 261 cm³/mol. The molecule has 0 N–H and O–H groups in total. The summed E-state index contributed by atoms with van der Waals surface area (Å²) in [5.74, 6) is 1.88. The van der Waals surface area contributed by atoms with Crippen molar-refractivity contribution in [3.05, 3.63) is 206 Å². The molecule has 62 heavy (non-hydrogen) atoms. The van der Waals surface area contributed by atoms with E-state index in [9.17, 15) is 0 Å². The molecule has 6 heteroatoms. The van der Waals surface area contributed by atoms with Crippen molar-refractivity contribution < 1.29 is 0 Å². The average Bonchev–Trinajstić information content (AvgIpc) is 3.95. The molecule has 0 atom stereocenters. The molecule has 0 spiro atoms. The Morgan fingerprint density at radius 1 is 0.323 bits per heavy atom. The van der Waals surface area contributed by atoms with Crippen LogP contribution in [-0.4, -0.2) is 19.9 Å². The zero-order valence-corrected chi connectivity index (χ0v) is 34.9. The second-order valence-electron chi connectivity index (χ2n) is 15.3. The van der Waals surface area contributed by atoms with Crippen molar-refractivity contribution in [3.8, 4) is 78.1 Å². The molecule has 12 aromatic rings. The molecule has 0 saturated carbocycles. The predicted octanol–water partition coefficient (Wildman–Crippen LogP) is 15.7. The van der Waals surface area contributed by atoms with Crippen molar-refractivity contribution in [3.63, 3.8) is 0 Å². The molecule has 0 fully saturated rings. The number of benzene rings is 8. The number of nitrogens with zero attached hydrogens (tertiary/aromatic N) is 4. The maximum atomic E-state index is 5.41. The lowest BCUT2D eigenvalue weighted by Crippen LogP contribution is -2.00. The quantitative estimate of drug-likeness (QED) is 0.161. The van der Waals surface area contributed by atoms with E-state index in [1.165, 1.54) is 40.9 Å². The summed E-state index contributed by atoms with van der Waals surface area (Å²) < 4.78 is 3.81. The minimum Gasteiger partial charge on any atom is -0.247 e. The number of pyridine rings is 1. The van der Waals surface area contributed by atoms with Gasteiger partial charge in [0.2, 0.25) is 0 Å². The summed E-state index contributed by atoms with van der Waals surface area (Å²) in [4.78, 5) is 21.9. The molecule has 0 aliphatic carbocycles. The minimum absolute atomic E-state index is 0.619. The third kappa shape index (κ3) is 6.28. The van der Waals surface area contributed by atoms with Gasteiger partial charge in [-0.15, -0.1) is 22.7 Å². The van der Waals surface area contributed by atoms with Crippen LogP contribution in [0.1, 0.15) is 0 Å². The summed E-state index contributed by atoms with van der Waals surface area (Å²) in [6.07, 6.45) is 0. The summed E-state index contributed by atoms with van der Waals surface area (Å²) in [6.45, 7) is 0. The highest BCUT2D eigenvalue weighted by atomic mass is 32.1. The molecule has 0 saturated heterocycles. The Hall–Kier alpha value is -7.64. The van der Waals surface area contributed by atoms with Gasteiger partial charge in [0.05, 0.1) is 11.2 Å². The van der Waals surface area contributed by atoms with Crippen LogP contribution in [0.25, 0.3) is 119 Å². The van der Waals surface area contributed by atoms with Crippen LogP contribution in [0, 0.1) is 0 Å². The number of hydrogen-bond acceptors (Lipinski definition) is 6. The topological polar surface area (TPSA) is 51.6 Å². The number of aromatic nitrogens is 4. The van der Waals surface area contributed by atoms with Gasteiger partial charge < -0.3 is 0 Å². The molecule has 0 bridgehead atoms. The van der Waals surface area contributed by atoms with Gasteiger partial charge >= 0.3 is 0 Å². The third-order valence-electron chi connectivity index (χ3n) is 11.5. The molecule has 4 aromatic heterocycles. The van der Waals surface area contributed by atoms with E-state index in [0.29, 0.717) is 17.5 Å². The van der Waals surface area contributed by atoms with Gasteiger partial charge in [0.25, 0.3) is 0 Å². The molecule has 8 aromatic carbocycles. The second-order valence-corrected chi connectivity index (χ2v) is 17.4. The van der Waals surface area contributed by atoms with Gasteiger partial charge in [0, 0.05) is 73.9 Å². The number of hydrogen-bond donors (Lipinski definition) is 0. The van der Waals surface area contributed by atoms with E-state index in [0.717, 1.165) is 60.9 Å². The summed E-state index contributed by atoms with van der Waals surface area (Å²) in [7, 11) is 0. The number of thiophene rings is 2. The van der Waals surface area contributed by atoms with Crippen LogP contribution in [0.3, 0.4) is 0 Å². The van der Waals surface area contributed by atoms with Crippen molar-refractivity contribution in [2.75, 3.05) is 0 Å². The van der Waals surface area contributed by atoms with Crippen molar-refractivity contribution in [1.82, 2.24) is 19.9 Å². The molecule has 0 aliphatic heterocycles. The number of fused-ring (bicyclic) bond motifs is 6. The lowest BCUT2D eigenvalue weighted by Gasteiger charge is -2.12. The van der Waals surface area contributed by atoms with Crippen LogP contribution < -0.4 is 0 Å². The number of rotatable bonds is 7. The molecule has 0 amide bonds. The summed E-state index contributed by atoms with van der Waals surface area (Å²) >= 11 is 3.74. The van der Waals surface area contributed by atoms with Crippen molar-refractivity contribution in [2.24, 2.45) is 0 Å². The zero-order chi connectivity index (χ0) is 41.0. The molecule has 0 unspecified atom stereocenters. The lowest BCUT2D eigenvalue weighted by molar-refractivity contribution is 1.07. The van der Waals surface area contributed by atoms with Crippen molar-refractivity contribution in [1.29, 1.82) is 0 Å². The first-order valence-electron chi connectivity index (χ1n) is 20.6. The van der Waals surface area contributed by atoms with Crippen molar-refractivity contribution in [2.45, 2.75) is 0 Å². The Morgan fingerprint density at radius 2 is 0.855 bits per heavy atom. The van der Waals surface area contributed by atoms with Gasteiger partial charge in [0.1, 0.15) is 0 Å². The Kier molecular flexibility index (Phi) is 8.84. The van der Waals surface area contributed by atoms with Gasteiger partial charge in [-0.3, -0.25) is 0 Å². The maximum absolute atomic E-state index is 5.41. The summed E-state index contributed by atoms with van der Waals surface area (Å²) in [5.41, 5.74) is 11.6. The van der Waals surface area contributed by atoms with E-state index in [-0.39, 0.29) is 0 Å². The van der Waals surface area contributed by atoms with Gasteiger partial charge in [-0.2, -0.15) is 0 Å². The maximum Gasteiger partial charge on any atom is 0.164 e. The molecular formula is C56H34N4S2. The summed E-state index contributed by atoms with van der Waals surface area (Å²) in [6, 6.07) is 72.5. The van der Waals surface area contributed by atoms with Gasteiger partial charge in [-0.1, -0.05) is 188 Å². The molecule has 4 nitrogen and oxygen atoms in total. The normalized spacial score (nSPS) is 11.5. The fraction of sp³-hybridized carbons (Fsp3) is 0. The van der Waals surface area contributed by atoms with Crippen molar-refractivity contribution >= 4 is 63.8 Å². The van der Waals surface area contributed by atoms with Crippen LogP contribution >= 0.6 is 22.7 Å². The molecule has 0 aliphatic rings. The standard InChI is InChI=1S/C56H34N4S2/c1-4-16-35(17-5-1)40-22-14-23-41(34-40)56-59-54(38-20-8-3-9-21-38)58-55(60-56)39-32-30-36(31-33-39)48-49-50(37-18-6-2-7-19-37)57-46-28-12-10-25-44(46)52(49)62-53(48)45-27-15-26-43-42-24-11-13-29-47(42)61-51(43)45/h1-34H. The molecule has 290 valence electrons. The highest BCUT2D eigenvalue weighted by molar-refractivity contribution is 7.28. The van der Waals surface area contributed by atoms with E-state index in [1.54, 1.807) is 0 Å². The molecule has 12 rings (SSSR count). The first kappa shape index (κ1) is 36.2. The van der Waals surface area contributed by atoms with Crippen LogP contribution in [0.2, 0.25) is 0 Å². The van der Waals surface area contributed by atoms with Gasteiger partial charge in [-0.25, -0.2) is 19.9 Å². The lowest BCUT2D eigenvalue weighted by atomic mass is 9.94. The molecule has 0 radical (unpaired) electrons. The van der Waals surface area contributed by atoms with E-state index >= 15 is 0 Å². The van der Waals surface area contributed by atoms with Crippen LogP contribution in [0.5, 0.6) is 0 Å². The first-order valence-corrected chi connectivity index (χ1v) is 22.3. The van der Waals surface area contributed by atoms with Crippen LogP contribution in [0.4, 0.5) is 0 Å². The van der Waals surface area contributed by atoms with Crippen LogP contribution in [-0.2, 0) is 0 Å². The monoisotopic (exact) mass is 826 g/mol. The average molecular weight is 827 g/mol.